The summed E-state index contributed by atoms with van der Waals surface area (Å²) in [7, 11) is 0. The highest BCUT2D eigenvalue weighted by atomic mass is 35.5. The van der Waals surface area contributed by atoms with Crippen LogP contribution in [0.2, 0.25) is 0 Å². The van der Waals surface area contributed by atoms with Crippen LogP contribution in [0.15, 0.2) is 60.8 Å². The van der Waals surface area contributed by atoms with Gasteiger partial charge in [-0.3, -0.25) is 4.40 Å². The van der Waals surface area contributed by atoms with E-state index in [1.807, 2.05) is 54.7 Å². The van der Waals surface area contributed by atoms with Crippen LogP contribution in [0.4, 0.5) is 11.5 Å². The van der Waals surface area contributed by atoms with E-state index in [9.17, 15) is 0 Å². The van der Waals surface area contributed by atoms with Crippen LogP contribution in [0.5, 0.6) is 0 Å². The first-order valence-electron chi connectivity index (χ1n) is 9.12. The highest BCUT2D eigenvalue weighted by Gasteiger charge is 2.20. The smallest absolute Gasteiger partial charge is 0.140 e. The van der Waals surface area contributed by atoms with E-state index in [-0.39, 0.29) is 17.9 Å². The maximum atomic E-state index is 5.83. The van der Waals surface area contributed by atoms with Crippen LogP contribution in [-0.2, 0) is 0 Å². The van der Waals surface area contributed by atoms with E-state index in [4.69, 9.17) is 10.7 Å². The van der Waals surface area contributed by atoms with Crippen molar-refractivity contribution in [3.05, 3.63) is 71.2 Å². The molecule has 6 heteroatoms. The molecule has 0 aliphatic carbocycles. The van der Waals surface area contributed by atoms with E-state index in [0.29, 0.717) is 0 Å². The molecule has 4 rings (SSSR count). The summed E-state index contributed by atoms with van der Waals surface area (Å²) < 4.78 is 2.10. The van der Waals surface area contributed by atoms with Crippen LogP contribution in [0.25, 0.3) is 16.2 Å². The van der Waals surface area contributed by atoms with Crippen LogP contribution in [0.3, 0.4) is 0 Å². The second-order valence-corrected chi connectivity index (χ2v) is 8.74. The van der Waals surface area contributed by atoms with Gasteiger partial charge in [0.1, 0.15) is 17.2 Å². The van der Waals surface area contributed by atoms with Crippen molar-refractivity contribution < 1.29 is 0 Å². The minimum Gasteiger partial charge on any atom is -0.399 e. The first-order chi connectivity index (χ1) is 13.4. The fourth-order valence-corrected chi connectivity index (χ4v) is 3.77. The molecule has 0 aliphatic heterocycles. The van der Waals surface area contributed by atoms with Crippen molar-refractivity contribution in [1.82, 2.24) is 9.38 Å². The molecule has 29 heavy (non-hydrogen) atoms. The topological polar surface area (TPSA) is 55.3 Å². The first kappa shape index (κ1) is 20.8. The Morgan fingerprint density at radius 2 is 1.86 bits per heavy atom. The molecule has 0 saturated carbocycles. The number of benzene rings is 1. The van der Waals surface area contributed by atoms with Crippen LogP contribution in [-0.4, -0.2) is 14.9 Å². The number of anilines is 2. The van der Waals surface area contributed by atoms with Crippen LogP contribution < -0.4 is 11.1 Å². The summed E-state index contributed by atoms with van der Waals surface area (Å²) in [6.07, 6.45) is 2.04. The molecule has 4 aromatic rings. The summed E-state index contributed by atoms with van der Waals surface area (Å²) in [4.78, 5) is 6.94. The largest absolute Gasteiger partial charge is 0.399 e. The quantitative estimate of drug-likeness (QED) is 0.323. The molecule has 3 heterocycles. The Labute approximate surface area is 181 Å². The number of hydrogen-bond acceptors (Lipinski definition) is 4. The molecule has 4 nitrogen and oxygen atoms in total. The first-order valence-corrected chi connectivity index (χ1v) is 9.94. The van der Waals surface area contributed by atoms with Gasteiger partial charge >= 0.3 is 0 Å². The van der Waals surface area contributed by atoms with Crippen molar-refractivity contribution in [3.63, 3.8) is 0 Å². The number of pyridine rings is 1. The Kier molecular flexibility index (Phi) is 5.88. The van der Waals surface area contributed by atoms with E-state index in [2.05, 4.69) is 48.4 Å². The van der Waals surface area contributed by atoms with Crippen LogP contribution in [0.1, 0.15) is 31.2 Å². The summed E-state index contributed by atoms with van der Waals surface area (Å²) >= 11 is 1.64. The molecule has 3 aromatic heterocycles. The second kappa shape index (κ2) is 8.20. The van der Waals surface area contributed by atoms with E-state index >= 15 is 0 Å². The average Bonchev–Trinajstić information content (AvgIpc) is 3.24. The number of thiophene rings is 1. The van der Waals surface area contributed by atoms with Crippen molar-refractivity contribution in [2.24, 2.45) is 0 Å². The molecule has 0 atom stereocenters. The summed E-state index contributed by atoms with van der Waals surface area (Å²) in [5.74, 6) is 7.42. The SMILES string of the molecule is CC(C)(C)Nc1c(-c2ccc(C#Cc3cccc(N)c3)s2)nc2ccccn12.Cl. The third-order valence-corrected chi connectivity index (χ3v) is 5.09. The highest BCUT2D eigenvalue weighted by Crippen LogP contribution is 2.35. The molecule has 148 valence electrons. The van der Waals surface area contributed by atoms with Crippen molar-refractivity contribution in [1.29, 1.82) is 0 Å². The predicted molar refractivity (Wildman–Crippen MR) is 126 cm³/mol. The molecule has 0 aliphatic rings. The number of rotatable bonds is 2. The predicted octanol–water partition coefficient (Wildman–Crippen LogP) is 5.68. The van der Waals surface area contributed by atoms with Gasteiger partial charge < -0.3 is 11.1 Å². The number of imidazole rings is 1. The lowest BCUT2D eigenvalue weighted by Gasteiger charge is -2.22. The van der Waals surface area contributed by atoms with Crippen molar-refractivity contribution >= 4 is 40.9 Å². The number of halogens is 1. The molecule has 1 aromatic carbocycles. The molecule has 3 N–H and O–H groups in total. The number of nitrogens with zero attached hydrogens (tertiary/aromatic N) is 2. The van der Waals surface area contributed by atoms with Gasteiger partial charge in [-0.15, -0.1) is 23.7 Å². The van der Waals surface area contributed by atoms with Gasteiger partial charge in [-0.2, -0.15) is 0 Å². The maximum absolute atomic E-state index is 5.83. The molecular weight excluding hydrogens is 400 g/mol. The normalized spacial score (nSPS) is 10.9. The minimum atomic E-state index is -0.0757. The zero-order chi connectivity index (χ0) is 19.7. The van der Waals surface area contributed by atoms with E-state index in [1.165, 1.54) is 0 Å². The number of hydrogen-bond donors (Lipinski definition) is 2. The molecule has 0 amide bonds. The number of nitrogens with two attached hydrogens (primary N) is 1. The molecule has 0 radical (unpaired) electrons. The van der Waals surface area contributed by atoms with Gasteiger partial charge in [0.05, 0.1) is 9.75 Å². The Bertz CT molecular complexity index is 1200. The van der Waals surface area contributed by atoms with E-state index < -0.39 is 0 Å². The standard InChI is InChI=1S/C23H22N4S.ClH/c1-23(2,3)26-22-21(25-20-9-4-5-14-27(20)22)19-13-12-18(28-19)11-10-16-7-6-8-17(24)15-16;/h4-9,12-15,26H,24H2,1-3H3;1H. The van der Waals surface area contributed by atoms with Gasteiger partial charge in [0.2, 0.25) is 0 Å². The highest BCUT2D eigenvalue weighted by molar-refractivity contribution is 7.16. The van der Waals surface area contributed by atoms with E-state index in [0.717, 1.165) is 38.2 Å². The van der Waals surface area contributed by atoms with Crippen molar-refractivity contribution in [2.45, 2.75) is 26.3 Å². The minimum absolute atomic E-state index is 0. The maximum Gasteiger partial charge on any atom is 0.140 e. The monoisotopic (exact) mass is 422 g/mol. The van der Waals surface area contributed by atoms with E-state index in [1.54, 1.807) is 11.3 Å². The zero-order valence-corrected chi connectivity index (χ0v) is 18.2. The summed E-state index contributed by atoms with van der Waals surface area (Å²) in [5, 5.41) is 3.60. The third kappa shape index (κ3) is 4.73. The van der Waals surface area contributed by atoms with Gasteiger partial charge in [0, 0.05) is 23.0 Å². The molecule has 0 bridgehead atoms. The van der Waals surface area contributed by atoms with Gasteiger partial charge in [0.15, 0.2) is 0 Å². The molecular formula is C23H23ClN4S. The van der Waals surface area contributed by atoms with Gasteiger partial charge in [-0.1, -0.05) is 24.0 Å². The van der Waals surface area contributed by atoms with Crippen LogP contribution in [0, 0.1) is 11.8 Å². The van der Waals surface area contributed by atoms with Crippen molar-refractivity contribution in [2.75, 3.05) is 11.1 Å². The van der Waals surface area contributed by atoms with Crippen molar-refractivity contribution in [3.8, 4) is 22.4 Å². The molecule has 0 unspecified atom stereocenters. The number of nitrogen functional groups attached to an aromatic ring is 1. The lowest BCUT2D eigenvalue weighted by Crippen LogP contribution is -2.27. The molecule has 0 fully saturated rings. The fourth-order valence-electron chi connectivity index (χ4n) is 2.92. The van der Waals surface area contributed by atoms with Gasteiger partial charge in [-0.05, 0) is 63.2 Å². The van der Waals surface area contributed by atoms with Crippen LogP contribution >= 0.6 is 23.7 Å². The lowest BCUT2D eigenvalue weighted by molar-refractivity contribution is 0.630. The number of fused-ring (bicyclic) bond motifs is 1. The number of aromatic nitrogens is 2. The number of nitrogens with one attached hydrogen (secondary N) is 1. The fraction of sp³-hybridized carbons (Fsp3) is 0.174. The molecule has 0 spiro atoms. The third-order valence-electron chi connectivity index (χ3n) is 4.08. The summed E-state index contributed by atoms with van der Waals surface area (Å²) in [5.41, 5.74) is 9.26. The Morgan fingerprint density at radius 1 is 1.03 bits per heavy atom. The van der Waals surface area contributed by atoms with Gasteiger partial charge in [-0.25, -0.2) is 4.98 Å². The summed E-state index contributed by atoms with van der Waals surface area (Å²) in [6, 6.07) is 17.8. The Hall–Kier alpha value is -2.94. The average molecular weight is 423 g/mol. The molecule has 0 saturated heterocycles. The van der Waals surface area contributed by atoms with Gasteiger partial charge in [0.25, 0.3) is 0 Å². The Morgan fingerprint density at radius 3 is 2.62 bits per heavy atom. The summed E-state index contributed by atoms with van der Waals surface area (Å²) in [6.45, 7) is 6.45. The Balaban J connectivity index is 0.00000240. The zero-order valence-electron chi connectivity index (χ0n) is 16.6. The second-order valence-electron chi connectivity index (χ2n) is 7.65. The lowest BCUT2D eigenvalue weighted by atomic mass is 10.1.